The van der Waals surface area contributed by atoms with Gasteiger partial charge in [0.2, 0.25) is 5.88 Å². The van der Waals surface area contributed by atoms with E-state index in [1.54, 1.807) is 0 Å². The third kappa shape index (κ3) is 2.58. The Balaban J connectivity index is 2.88. The van der Waals surface area contributed by atoms with E-state index in [4.69, 9.17) is 15.6 Å². The summed E-state index contributed by atoms with van der Waals surface area (Å²) in [6, 6.07) is 0. The number of nitrogen functional groups attached to an aromatic ring is 1. The lowest BCUT2D eigenvalue weighted by atomic mass is 10.4. The number of pyridine rings is 1. The van der Waals surface area contributed by atoms with Gasteiger partial charge in [-0.1, -0.05) is 0 Å². The van der Waals surface area contributed by atoms with Crippen LogP contribution in [0.2, 0.25) is 0 Å². The van der Waals surface area contributed by atoms with Crippen molar-refractivity contribution in [1.82, 2.24) is 4.98 Å². The smallest absolute Gasteiger partial charge is 0.341 e. The largest absolute Gasteiger partial charge is 0.479 e. The van der Waals surface area contributed by atoms with E-state index in [2.05, 4.69) is 36.8 Å². The monoisotopic (exact) mass is 324 g/mol. The number of hydrogen-bond donors (Lipinski definition) is 2. The van der Waals surface area contributed by atoms with Crippen molar-refractivity contribution in [3.63, 3.8) is 0 Å². The van der Waals surface area contributed by atoms with E-state index in [0.717, 1.165) is 0 Å². The van der Waals surface area contributed by atoms with Crippen LogP contribution in [-0.2, 0) is 4.79 Å². The lowest BCUT2D eigenvalue weighted by molar-refractivity contribution is -0.139. The maximum Gasteiger partial charge on any atom is 0.341 e. The van der Waals surface area contributed by atoms with Crippen molar-refractivity contribution in [1.29, 1.82) is 0 Å². The Labute approximate surface area is 96.5 Å². The van der Waals surface area contributed by atoms with Gasteiger partial charge < -0.3 is 15.6 Å². The van der Waals surface area contributed by atoms with Crippen LogP contribution < -0.4 is 10.5 Å². The first-order valence-corrected chi connectivity index (χ1v) is 5.05. The third-order valence-corrected chi connectivity index (χ3v) is 2.71. The number of nitrogens with two attached hydrogens (primary N) is 1. The lowest BCUT2D eigenvalue weighted by Crippen LogP contribution is -2.11. The summed E-state index contributed by atoms with van der Waals surface area (Å²) in [5.74, 6) is -0.909. The molecule has 76 valence electrons. The van der Waals surface area contributed by atoms with Crippen molar-refractivity contribution in [2.24, 2.45) is 0 Å². The van der Waals surface area contributed by atoms with Gasteiger partial charge in [-0.25, -0.2) is 9.78 Å². The molecule has 14 heavy (non-hydrogen) atoms. The molecule has 5 nitrogen and oxygen atoms in total. The van der Waals surface area contributed by atoms with Gasteiger partial charge in [-0.2, -0.15) is 0 Å². The second-order valence-electron chi connectivity index (χ2n) is 2.32. The van der Waals surface area contributed by atoms with E-state index >= 15 is 0 Å². The standard InChI is InChI=1S/C7H6Br2N2O3/c8-3-1-11-7(5(9)6(3)10)14-2-4(12)13/h1H,2H2,(H2,10,11)(H,12,13). The van der Waals surface area contributed by atoms with Gasteiger partial charge in [0, 0.05) is 6.20 Å². The molecule has 0 saturated carbocycles. The van der Waals surface area contributed by atoms with Gasteiger partial charge in [0.1, 0.15) is 4.47 Å². The number of halogens is 2. The molecule has 0 radical (unpaired) electrons. The number of rotatable bonds is 3. The minimum Gasteiger partial charge on any atom is -0.479 e. The van der Waals surface area contributed by atoms with Crippen molar-refractivity contribution in [3.05, 3.63) is 15.1 Å². The summed E-state index contributed by atoms with van der Waals surface area (Å²) in [4.78, 5) is 14.1. The van der Waals surface area contributed by atoms with Crippen LogP contribution in [0.4, 0.5) is 5.69 Å². The van der Waals surface area contributed by atoms with Crippen LogP contribution in [0.25, 0.3) is 0 Å². The highest BCUT2D eigenvalue weighted by Crippen LogP contribution is 2.33. The van der Waals surface area contributed by atoms with Gasteiger partial charge in [0.05, 0.1) is 10.2 Å². The SMILES string of the molecule is Nc1c(Br)cnc(OCC(=O)O)c1Br. The van der Waals surface area contributed by atoms with Crippen molar-refractivity contribution in [3.8, 4) is 5.88 Å². The average molecular weight is 326 g/mol. The summed E-state index contributed by atoms with van der Waals surface area (Å²) in [6.07, 6.45) is 1.44. The normalized spacial score (nSPS) is 9.86. The molecular formula is C7H6Br2N2O3. The Morgan fingerprint density at radius 3 is 2.86 bits per heavy atom. The third-order valence-electron chi connectivity index (χ3n) is 1.31. The zero-order chi connectivity index (χ0) is 10.7. The first kappa shape index (κ1) is 11.3. The number of aromatic nitrogens is 1. The molecule has 1 rings (SSSR count). The van der Waals surface area contributed by atoms with E-state index in [1.807, 2.05) is 0 Å². The van der Waals surface area contributed by atoms with Crippen LogP contribution in [0, 0.1) is 0 Å². The number of nitrogens with zero attached hydrogens (tertiary/aromatic N) is 1. The predicted molar refractivity (Wildman–Crippen MR) is 57.2 cm³/mol. The molecule has 1 heterocycles. The molecule has 0 bridgehead atoms. The highest BCUT2D eigenvalue weighted by Gasteiger charge is 2.10. The Kier molecular flexibility index (Phi) is 3.70. The summed E-state index contributed by atoms with van der Waals surface area (Å²) in [7, 11) is 0. The molecule has 3 N–H and O–H groups in total. The lowest BCUT2D eigenvalue weighted by Gasteiger charge is -2.07. The molecule has 0 aliphatic rings. The number of anilines is 1. The van der Waals surface area contributed by atoms with E-state index in [9.17, 15) is 4.79 Å². The minimum atomic E-state index is -1.07. The Morgan fingerprint density at radius 2 is 2.29 bits per heavy atom. The van der Waals surface area contributed by atoms with Gasteiger partial charge in [-0.05, 0) is 31.9 Å². The van der Waals surface area contributed by atoms with Crippen LogP contribution in [0.5, 0.6) is 5.88 Å². The molecule has 7 heteroatoms. The highest BCUT2D eigenvalue weighted by molar-refractivity contribution is 9.11. The summed E-state index contributed by atoms with van der Waals surface area (Å²) in [5.41, 5.74) is 6.04. The molecule has 0 saturated heterocycles. The fraction of sp³-hybridized carbons (Fsp3) is 0.143. The fourth-order valence-electron chi connectivity index (χ4n) is 0.692. The van der Waals surface area contributed by atoms with Crippen LogP contribution >= 0.6 is 31.9 Å². The summed E-state index contributed by atoms with van der Waals surface area (Å²) >= 11 is 6.32. The highest BCUT2D eigenvalue weighted by atomic mass is 79.9. The van der Waals surface area contributed by atoms with Crippen LogP contribution in [-0.4, -0.2) is 22.7 Å². The van der Waals surface area contributed by atoms with Crippen LogP contribution in [0.3, 0.4) is 0 Å². The zero-order valence-corrected chi connectivity index (χ0v) is 10.0. The second-order valence-corrected chi connectivity index (χ2v) is 3.97. The van der Waals surface area contributed by atoms with Crippen molar-refractivity contribution in [2.75, 3.05) is 12.3 Å². The number of carboxylic acid groups (broad SMARTS) is 1. The van der Waals surface area contributed by atoms with Crippen molar-refractivity contribution < 1.29 is 14.6 Å². The van der Waals surface area contributed by atoms with Crippen LogP contribution in [0.15, 0.2) is 15.1 Å². The Bertz CT molecular complexity index is 370. The van der Waals surface area contributed by atoms with Crippen LogP contribution in [0.1, 0.15) is 0 Å². The van der Waals surface area contributed by atoms with E-state index in [0.29, 0.717) is 14.6 Å². The van der Waals surface area contributed by atoms with Gasteiger partial charge in [-0.15, -0.1) is 0 Å². The van der Waals surface area contributed by atoms with Gasteiger partial charge in [0.15, 0.2) is 6.61 Å². The molecule has 0 atom stereocenters. The second kappa shape index (κ2) is 4.61. The van der Waals surface area contributed by atoms with Gasteiger partial charge >= 0.3 is 5.97 Å². The van der Waals surface area contributed by atoms with E-state index < -0.39 is 12.6 Å². The van der Waals surface area contributed by atoms with Gasteiger partial charge in [0.25, 0.3) is 0 Å². The number of aliphatic carboxylic acids is 1. The zero-order valence-electron chi connectivity index (χ0n) is 6.83. The average Bonchev–Trinajstić information content (AvgIpc) is 2.13. The molecule has 0 aliphatic heterocycles. The number of carbonyl (C=O) groups is 1. The summed E-state index contributed by atoms with van der Waals surface area (Å²) in [5, 5.41) is 8.38. The Hall–Kier alpha value is -0.820. The molecule has 1 aromatic rings. The maximum absolute atomic E-state index is 10.2. The number of carboxylic acids is 1. The molecule has 0 aromatic carbocycles. The molecule has 0 fully saturated rings. The van der Waals surface area contributed by atoms with E-state index in [1.165, 1.54) is 6.20 Å². The molecule has 0 amide bonds. The van der Waals surface area contributed by atoms with Crippen molar-refractivity contribution >= 4 is 43.5 Å². The topological polar surface area (TPSA) is 85.4 Å². The maximum atomic E-state index is 10.2. The molecule has 1 aromatic heterocycles. The molecular weight excluding hydrogens is 320 g/mol. The number of hydrogen-bond acceptors (Lipinski definition) is 4. The summed E-state index contributed by atoms with van der Waals surface area (Å²) in [6.45, 7) is -0.452. The minimum absolute atomic E-state index is 0.160. The molecule has 0 spiro atoms. The van der Waals surface area contributed by atoms with Crippen molar-refractivity contribution in [2.45, 2.75) is 0 Å². The first-order chi connectivity index (χ1) is 6.52. The Morgan fingerprint density at radius 1 is 1.64 bits per heavy atom. The van der Waals surface area contributed by atoms with Gasteiger partial charge in [-0.3, -0.25) is 0 Å². The first-order valence-electron chi connectivity index (χ1n) is 3.46. The summed E-state index contributed by atoms with van der Waals surface area (Å²) < 4.78 is 5.93. The fourth-order valence-corrected chi connectivity index (χ4v) is 1.69. The quantitative estimate of drug-likeness (QED) is 0.882. The molecule has 0 unspecified atom stereocenters. The van der Waals surface area contributed by atoms with E-state index in [-0.39, 0.29) is 5.88 Å². The predicted octanol–water partition coefficient (Wildman–Crippen LogP) is 1.65. The molecule has 0 aliphatic carbocycles. The number of ether oxygens (including phenoxy) is 1.